The van der Waals surface area contributed by atoms with Crippen LogP contribution >= 0.6 is 0 Å². The molecule has 0 saturated heterocycles. The molecular formula is C12H26N2O3S. The van der Waals surface area contributed by atoms with Crippen LogP contribution in [0.2, 0.25) is 0 Å². The molecule has 0 radical (unpaired) electrons. The van der Waals surface area contributed by atoms with Crippen LogP contribution in [0, 0.1) is 5.41 Å². The van der Waals surface area contributed by atoms with E-state index in [-0.39, 0.29) is 29.4 Å². The minimum absolute atomic E-state index is 0.00972. The van der Waals surface area contributed by atoms with Crippen LogP contribution in [0.15, 0.2) is 0 Å². The fourth-order valence-electron chi connectivity index (χ4n) is 1.90. The van der Waals surface area contributed by atoms with Crippen molar-refractivity contribution in [2.45, 2.75) is 58.7 Å². The first-order valence-corrected chi connectivity index (χ1v) is 8.17. The van der Waals surface area contributed by atoms with Crippen molar-refractivity contribution in [2.24, 2.45) is 11.1 Å². The number of hydrogen-bond acceptors (Lipinski definition) is 4. The smallest absolute Gasteiger partial charge is 0.212 e. The van der Waals surface area contributed by atoms with E-state index in [0.29, 0.717) is 13.0 Å². The second kappa shape index (κ2) is 5.86. The van der Waals surface area contributed by atoms with E-state index in [4.69, 9.17) is 10.5 Å². The van der Waals surface area contributed by atoms with Crippen molar-refractivity contribution in [2.75, 3.05) is 12.4 Å². The first-order valence-electron chi connectivity index (χ1n) is 6.52. The summed E-state index contributed by atoms with van der Waals surface area (Å²) in [5.74, 6) is 0.137. The maximum Gasteiger partial charge on any atom is 0.212 e. The standard InChI is InChI=1S/C12H26N2O3S/c1-5-17-10-8-9(13)11(10)14-18(15,16)7-6-12(2,3)4/h9-11,14H,5-8,13H2,1-4H3. The highest BCUT2D eigenvalue weighted by atomic mass is 32.2. The normalized spacial score (nSPS) is 29.1. The first kappa shape index (κ1) is 15.9. The van der Waals surface area contributed by atoms with Gasteiger partial charge in [-0.15, -0.1) is 0 Å². The van der Waals surface area contributed by atoms with Gasteiger partial charge in [-0.3, -0.25) is 0 Å². The predicted octanol–water partition coefficient (Wildman–Crippen LogP) is 0.847. The van der Waals surface area contributed by atoms with Gasteiger partial charge >= 0.3 is 0 Å². The highest BCUT2D eigenvalue weighted by Crippen LogP contribution is 2.24. The second-order valence-corrected chi connectivity index (χ2v) is 8.04. The Hall–Kier alpha value is -0.170. The Labute approximate surface area is 111 Å². The molecule has 1 saturated carbocycles. The van der Waals surface area contributed by atoms with Crippen molar-refractivity contribution < 1.29 is 13.2 Å². The van der Waals surface area contributed by atoms with Crippen molar-refractivity contribution in [1.82, 2.24) is 4.72 Å². The summed E-state index contributed by atoms with van der Waals surface area (Å²) in [6.45, 7) is 8.56. The molecule has 3 unspecified atom stereocenters. The highest BCUT2D eigenvalue weighted by Gasteiger charge is 2.41. The van der Waals surface area contributed by atoms with Gasteiger partial charge in [-0.05, 0) is 25.2 Å². The van der Waals surface area contributed by atoms with Crippen molar-refractivity contribution in [3.8, 4) is 0 Å². The Balaban J connectivity index is 2.49. The Kier molecular flexibility index (Phi) is 5.17. The van der Waals surface area contributed by atoms with Crippen LogP contribution in [0.25, 0.3) is 0 Å². The first-order chi connectivity index (χ1) is 8.14. The summed E-state index contributed by atoms with van der Waals surface area (Å²) in [7, 11) is -3.27. The molecular weight excluding hydrogens is 252 g/mol. The van der Waals surface area contributed by atoms with Gasteiger partial charge < -0.3 is 10.5 Å². The molecule has 3 N–H and O–H groups in total. The zero-order valence-corrected chi connectivity index (χ0v) is 12.6. The molecule has 0 aromatic rings. The van der Waals surface area contributed by atoms with Crippen molar-refractivity contribution in [3.63, 3.8) is 0 Å². The molecule has 1 fully saturated rings. The Morgan fingerprint density at radius 1 is 1.39 bits per heavy atom. The monoisotopic (exact) mass is 278 g/mol. The van der Waals surface area contributed by atoms with Gasteiger partial charge in [-0.2, -0.15) is 0 Å². The molecule has 6 heteroatoms. The van der Waals surface area contributed by atoms with E-state index >= 15 is 0 Å². The quantitative estimate of drug-likeness (QED) is 0.754. The summed E-state index contributed by atoms with van der Waals surface area (Å²) < 4.78 is 32.0. The molecule has 1 aliphatic rings. The van der Waals surface area contributed by atoms with Crippen LogP contribution in [0.3, 0.4) is 0 Å². The summed E-state index contributed by atoms with van der Waals surface area (Å²) in [6, 6.07) is -0.402. The Bertz CT molecular complexity index is 360. The van der Waals surface area contributed by atoms with Crippen molar-refractivity contribution >= 4 is 10.0 Å². The molecule has 1 rings (SSSR count). The fourth-order valence-corrected chi connectivity index (χ4v) is 3.64. The molecule has 0 aromatic carbocycles. The molecule has 0 aromatic heterocycles. The lowest BCUT2D eigenvalue weighted by Crippen LogP contribution is -2.64. The van der Waals surface area contributed by atoms with Gasteiger partial charge in [-0.25, -0.2) is 13.1 Å². The Morgan fingerprint density at radius 2 is 2.00 bits per heavy atom. The minimum Gasteiger partial charge on any atom is -0.377 e. The van der Waals surface area contributed by atoms with Gasteiger partial charge in [-0.1, -0.05) is 20.8 Å². The maximum absolute atomic E-state index is 12.0. The molecule has 0 heterocycles. The van der Waals surface area contributed by atoms with E-state index in [1.54, 1.807) is 0 Å². The number of hydrogen-bond donors (Lipinski definition) is 2. The van der Waals surface area contributed by atoms with E-state index in [9.17, 15) is 8.42 Å². The summed E-state index contributed by atoms with van der Waals surface area (Å²) in [4.78, 5) is 0. The van der Waals surface area contributed by atoms with Crippen LogP contribution < -0.4 is 10.5 Å². The van der Waals surface area contributed by atoms with E-state index in [1.807, 2.05) is 27.7 Å². The average molecular weight is 278 g/mol. The van der Waals surface area contributed by atoms with Gasteiger partial charge in [0.25, 0.3) is 0 Å². The lowest BCUT2D eigenvalue weighted by Gasteiger charge is -2.42. The van der Waals surface area contributed by atoms with Crippen LogP contribution in [-0.2, 0) is 14.8 Å². The van der Waals surface area contributed by atoms with Crippen LogP contribution in [0.5, 0.6) is 0 Å². The molecule has 0 amide bonds. The third-order valence-corrected chi connectivity index (χ3v) is 4.56. The van der Waals surface area contributed by atoms with E-state index in [0.717, 1.165) is 6.42 Å². The molecule has 18 heavy (non-hydrogen) atoms. The van der Waals surface area contributed by atoms with Gasteiger partial charge in [0.1, 0.15) is 0 Å². The molecule has 3 atom stereocenters. The van der Waals surface area contributed by atoms with E-state index < -0.39 is 10.0 Å². The zero-order valence-electron chi connectivity index (χ0n) is 11.8. The number of rotatable bonds is 6. The maximum atomic E-state index is 12.0. The van der Waals surface area contributed by atoms with Crippen molar-refractivity contribution in [1.29, 1.82) is 0 Å². The molecule has 0 spiro atoms. The summed E-state index contributed by atoms with van der Waals surface area (Å²) in [5, 5.41) is 0. The SMILES string of the molecule is CCOC1CC(N)C1NS(=O)(=O)CCC(C)(C)C. The topological polar surface area (TPSA) is 81.4 Å². The van der Waals surface area contributed by atoms with Crippen LogP contribution in [0.1, 0.15) is 40.5 Å². The summed E-state index contributed by atoms with van der Waals surface area (Å²) in [6.07, 6.45) is 1.28. The minimum atomic E-state index is -3.27. The lowest BCUT2D eigenvalue weighted by atomic mass is 9.84. The van der Waals surface area contributed by atoms with Gasteiger partial charge in [0.15, 0.2) is 0 Å². The Morgan fingerprint density at radius 3 is 2.44 bits per heavy atom. The average Bonchev–Trinajstić information content (AvgIpc) is 2.23. The lowest BCUT2D eigenvalue weighted by molar-refractivity contribution is -0.0248. The zero-order chi connectivity index (χ0) is 14.0. The number of nitrogens with one attached hydrogen (secondary N) is 1. The molecule has 0 aliphatic heterocycles. The summed E-state index contributed by atoms with van der Waals surface area (Å²) in [5.41, 5.74) is 5.84. The van der Waals surface area contributed by atoms with Crippen LogP contribution in [0.4, 0.5) is 0 Å². The molecule has 0 bridgehead atoms. The molecule has 108 valence electrons. The number of nitrogens with two attached hydrogens (primary N) is 1. The van der Waals surface area contributed by atoms with E-state index in [2.05, 4.69) is 4.72 Å². The number of sulfonamides is 1. The second-order valence-electron chi connectivity index (χ2n) is 6.17. The van der Waals surface area contributed by atoms with Crippen LogP contribution in [-0.4, -0.2) is 39.0 Å². The third-order valence-electron chi connectivity index (χ3n) is 3.18. The van der Waals surface area contributed by atoms with Gasteiger partial charge in [0.05, 0.1) is 17.9 Å². The fraction of sp³-hybridized carbons (Fsp3) is 1.00. The highest BCUT2D eigenvalue weighted by molar-refractivity contribution is 7.89. The summed E-state index contributed by atoms with van der Waals surface area (Å²) >= 11 is 0. The molecule has 1 aliphatic carbocycles. The van der Waals surface area contributed by atoms with Gasteiger partial charge in [0, 0.05) is 12.6 Å². The van der Waals surface area contributed by atoms with E-state index in [1.165, 1.54) is 0 Å². The predicted molar refractivity (Wildman–Crippen MR) is 72.8 cm³/mol. The third kappa shape index (κ3) is 4.84. The largest absolute Gasteiger partial charge is 0.377 e. The van der Waals surface area contributed by atoms with Crippen molar-refractivity contribution in [3.05, 3.63) is 0 Å². The molecule has 5 nitrogen and oxygen atoms in total. The van der Waals surface area contributed by atoms with Gasteiger partial charge in [0.2, 0.25) is 10.0 Å². The number of ether oxygens (including phenoxy) is 1.